The molecule has 78 valence electrons. The fourth-order valence-electron chi connectivity index (χ4n) is 2.06. The molecule has 0 aromatic heterocycles. The summed E-state index contributed by atoms with van der Waals surface area (Å²) < 4.78 is 0. The molecular weight excluding hydrogens is 174 g/mol. The minimum absolute atomic E-state index is 1.04. The highest BCUT2D eigenvalue weighted by atomic mass is 28.3. The van der Waals surface area contributed by atoms with Crippen LogP contribution in [-0.4, -0.2) is 32.7 Å². The van der Waals surface area contributed by atoms with Gasteiger partial charge in [0.25, 0.3) is 0 Å². The van der Waals surface area contributed by atoms with Gasteiger partial charge < -0.3 is 4.90 Å². The molecule has 0 atom stereocenters. The number of allylic oxidation sites excluding steroid dienone is 1. The van der Waals surface area contributed by atoms with E-state index in [-0.39, 0.29) is 0 Å². The molecule has 0 aliphatic heterocycles. The lowest BCUT2D eigenvalue weighted by atomic mass is 10.4. The summed E-state index contributed by atoms with van der Waals surface area (Å²) in [5.41, 5.74) is 1.35. The van der Waals surface area contributed by atoms with Crippen molar-refractivity contribution in [2.24, 2.45) is 0 Å². The maximum absolute atomic E-state index is 4.01. The fourth-order valence-corrected chi connectivity index (χ4v) is 5.43. The molecule has 0 saturated carbocycles. The largest absolute Gasteiger partial charge is 0.309 e. The van der Waals surface area contributed by atoms with E-state index in [1.807, 2.05) is 0 Å². The molecule has 0 aliphatic carbocycles. The number of hydrogen-bond acceptors (Lipinski definition) is 1. The Bertz CT molecular complexity index is 163. The van der Waals surface area contributed by atoms with Gasteiger partial charge in [0.1, 0.15) is 0 Å². The Morgan fingerprint density at radius 3 is 2.31 bits per heavy atom. The van der Waals surface area contributed by atoms with Crippen LogP contribution < -0.4 is 0 Å². The van der Waals surface area contributed by atoms with Crippen molar-refractivity contribution in [3.63, 3.8) is 0 Å². The van der Waals surface area contributed by atoms with Gasteiger partial charge in [-0.15, -0.1) is 6.58 Å². The lowest BCUT2D eigenvalue weighted by Gasteiger charge is -2.28. The van der Waals surface area contributed by atoms with Gasteiger partial charge in [0.05, 0.1) is 8.07 Å². The standard InChI is InChI=1S/C11H25NSi/c1-7-8-12(4)10-13(5,6)9-11(2)3/h2,7-10H2,1,3-6H3. The molecule has 0 rings (SSSR count). The average Bonchev–Trinajstić information content (AvgIpc) is 1.81. The quantitative estimate of drug-likeness (QED) is 0.469. The SMILES string of the molecule is C=C(C)C[Si](C)(C)CN(C)CCC. The summed E-state index contributed by atoms with van der Waals surface area (Å²) in [6.45, 7) is 14.5. The molecule has 0 heterocycles. The number of hydrogen-bond donors (Lipinski definition) is 0. The van der Waals surface area contributed by atoms with Crippen molar-refractivity contribution in [2.45, 2.75) is 39.4 Å². The van der Waals surface area contributed by atoms with E-state index in [0.29, 0.717) is 0 Å². The zero-order valence-electron chi connectivity index (χ0n) is 9.98. The second-order valence-corrected chi connectivity index (χ2v) is 10.0. The van der Waals surface area contributed by atoms with E-state index in [0.717, 1.165) is 0 Å². The van der Waals surface area contributed by atoms with Crippen molar-refractivity contribution in [3.05, 3.63) is 12.2 Å². The van der Waals surface area contributed by atoms with Gasteiger partial charge in [0.2, 0.25) is 0 Å². The first-order chi connectivity index (χ1) is 5.87. The van der Waals surface area contributed by atoms with Gasteiger partial charge in [-0.25, -0.2) is 0 Å². The van der Waals surface area contributed by atoms with Gasteiger partial charge in [-0.3, -0.25) is 0 Å². The topological polar surface area (TPSA) is 3.24 Å². The number of rotatable bonds is 6. The third-order valence-electron chi connectivity index (χ3n) is 2.08. The van der Waals surface area contributed by atoms with Crippen LogP contribution in [0.4, 0.5) is 0 Å². The van der Waals surface area contributed by atoms with Crippen LogP contribution in [0.5, 0.6) is 0 Å². The van der Waals surface area contributed by atoms with Crippen molar-refractivity contribution in [3.8, 4) is 0 Å². The Morgan fingerprint density at radius 1 is 1.38 bits per heavy atom. The van der Waals surface area contributed by atoms with E-state index in [1.54, 1.807) is 0 Å². The van der Waals surface area contributed by atoms with Gasteiger partial charge in [-0.1, -0.05) is 25.6 Å². The summed E-state index contributed by atoms with van der Waals surface area (Å²) in [6, 6.07) is 1.26. The molecule has 0 radical (unpaired) electrons. The van der Waals surface area contributed by atoms with Crippen LogP contribution in [0.1, 0.15) is 20.3 Å². The van der Waals surface area contributed by atoms with Crippen molar-refractivity contribution < 1.29 is 0 Å². The molecule has 0 aromatic rings. The Kier molecular flexibility index (Phi) is 5.57. The number of nitrogens with zero attached hydrogens (tertiary/aromatic N) is 1. The second kappa shape index (κ2) is 5.61. The zero-order valence-corrected chi connectivity index (χ0v) is 11.0. The van der Waals surface area contributed by atoms with Crippen molar-refractivity contribution in [1.82, 2.24) is 4.90 Å². The highest BCUT2D eigenvalue weighted by Crippen LogP contribution is 2.15. The van der Waals surface area contributed by atoms with Gasteiger partial charge in [0.15, 0.2) is 0 Å². The highest BCUT2D eigenvalue weighted by molar-refractivity contribution is 6.78. The van der Waals surface area contributed by atoms with Crippen molar-refractivity contribution in [1.29, 1.82) is 0 Å². The predicted octanol–water partition coefficient (Wildman–Crippen LogP) is 3.15. The molecule has 0 N–H and O–H groups in total. The molecule has 1 nitrogen and oxygen atoms in total. The van der Waals surface area contributed by atoms with E-state index < -0.39 is 8.07 Å². The Labute approximate surface area is 84.8 Å². The van der Waals surface area contributed by atoms with Crippen LogP contribution in [-0.2, 0) is 0 Å². The molecular formula is C11H25NSi. The van der Waals surface area contributed by atoms with Crippen LogP contribution in [0.15, 0.2) is 12.2 Å². The minimum atomic E-state index is -1.04. The molecule has 2 heteroatoms. The van der Waals surface area contributed by atoms with E-state index in [1.165, 1.54) is 30.8 Å². The normalized spacial score (nSPS) is 12.2. The molecule has 0 fully saturated rings. The summed E-state index contributed by atoms with van der Waals surface area (Å²) in [6.07, 6.45) is 2.56. The van der Waals surface area contributed by atoms with E-state index in [4.69, 9.17) is 0 Å². The van der Waals surface area contributed by atoms with Crippen molar-refractivity contribution in [2.75, 3.05) is 19.8 Å². The molecule has 0 saturated heterocycles. The molecule has 0 aliphatic rings. The van der Waals surface area contributed by atoms with Crippen molar-refractivity contribution >= 4 is 8.07 Å². The molecule has 0 amide bonds. The summed E-state index contributed by atoms with van der Waals surface area (Å²) in [5.74, 6) is 0. The van der Waals surface area contributed by atoms with Gasteiger partial charge >= 0.3 is 0 Å². The minimum Gasteiger partial charge on any atom is -0.309 e. The molecule has 0 bridgehead atoms. The van der Waals surface area contributed by atoms with Crippen LogP contribution >= 0.6 is 0 Å². The summed E-state index contributed by atoms with van der Waals surface area (Å²) in [7, 11) is 1.19. The third kappa shape index (κ3) is 7.02. The van der Waals surface area contributed by atoms with Gasteiger partial charge in [-0.2, -0.15) is 0 Å². The third-order valence-corrected chi connectivity index (χ3v) is 5.04. The summed E-state index contributed by atoms with van der Waals surface area (Å²) >= 11 is 0. The first kappa shape index (κ1) is 12.9. The van der Waals surface area contributed by atoms with Crippen LogP contribution in [0, 0.1) is 0 Å². The Hall–Kier alpha value is -0.0831. The molecule has 13 heavy (non-hydrogen) atoms. The summed E-state index contributed by atoms with van der Waals surface area (Å²) in [4.78, 5) is 2.47. The van der Waals surface area contributed by atoms with Gasteiger partial charge in [-0.05, 0) is 39.1 Å². The van der Waals surface area contributed by atoms with Crippen LogP contribution in [0.25, 0.3) is 0 Å². The maximum Gasteiger partial charge on any atom is 0.0669 e. The maximum atomic E-state index is 4.01. The lowest BCUT2D eigenvalue weighted by molar-refractivity contribution is 0.381. The van der Waals surface area contributed by atoms with Crippen LogP contribution in [0.3, 0.4) is 0 Å². The summed E-state index contributed by atoms with van der Waals surface area (Å²) in [5, 5.41) is 0. The first-order valence-corrected chi connectivity index (χ1v) is 8.62. The highest BCUT2D eigenvalue weighted by Gasteiger charge is 2.22. The van der Waals surface area contributed by atoms with Gasteiger partial charge in [0, 0.05) is 0 Å². The predicted molar refractivity (Wildman–Crippen MR) is 64.9 cm³/mol. The molecule has 0 spiro atoms. The fraction of sp³-hybridized carbons (Fsp3) is 0.818. The molecule has 0 unspecified atom stereocenters. The second-order valence-electron chi connectivity index (χ2n) is 5.04. The smallest absolute Gasteiger partial charge is 0.0669 e. The zero-order chi connectivity index (χ0) is 10.5. The first-order valence-electron chi connectivity index (χ1n) is 5.20. The average molecular weight is 199 g/mol. The van der Waals surface area contributed by atoms with E-state index in [9.17, 15) is 0 Å². The monoisotopic (exact) mass is 199 g/mol. The van der Waals surface area contributed by atoms with Crippen LogP contribution in [0.2, 0.25) is 19.1 Å². The van der Waals surface area contributed by atoms with E-state index >= 15 is 0 Å². The lowest BCUT2D eigenvalue weighted by Crippen LogP contribution is -2.41. The molecule has 0 aromatic carbocycles. The van der Waals surface area contributed by atoms with E-state index in [2.05, 4.69) is 45.5 Å². The Balaban J connectivity index is 3.92. The Morgan fingerprint density at radius 2 is 1.92 bits per heavy atom.